The number of amides is 2. The van der Waals surface area contributed by atoms with Gasteiger partial charge in [0.2, 0.25) is 5.91 Å². The Labute approximate surface area is 208 Å². The number of carbonyl (C=O) groups is 2. The number of hydrogen-bond donors (Lipinski definition) is 0. The molecule has 3 aromatic rings. The first-order valence-corrected chi connectivity index (χ1v) is 11.8. The van der Waals surface area contributed by atoms with Crippen LogP contribution in [0.4, 0.5) is 5.69 Å². The predicted octanol–water partition coefficient (Wildman–Crippen LogP) is 4.79. The van der Waals surface area contributed by atoms with E-state index in [1.807, 2.05) is 55.5 Å². The van der Waals surface area contributed by atoms with Gasteiger partial charge < -0.3 is 9.47 Å². The molecule has 0 spiro atoms. The minimum absolute atomic E-state index is 0.306. The highest BCUT2D eigenvalue weighted by Crippen LogP contribution is 2.46. The maximum atomic E-state index is 13.5. The lowest BCUT2D eigenvalue weighted by Crippen LogP contribution is -2.36. The van der Waals surface area contributed by atoms with E-state index < -0.39 is 18.1 Å². The third-order valence-corrected chi connectivity index (χ3v) is 6.49. The Bertz CT molecular complexity index is 1230. The van der Waals surface area contributed by atoms with Gasteiger partial charge in [0.05, 0.1) is 24.3 Å². The number of hydrogen-bond acceptors (Lipinski definition) is 6. The van der Waals surface area contributed by atoms with Gasteiger partial charge in [-0.3, -0.25) is 14.4 Å². The molecule has 35 heavy (non-hydrogen) atoms. The van der Waals surface area contributed by atoms with Crippen LogP contribution in [-0.2, 0) is 21.0 Å². The second-order valence-corrected chi connectivity index (χ2v) is 8.88. The van der Waals surface area contributed by atoms with Gasteiger partial charge in [0, 0.05) is 12.1 Å². The Morgan fingerprint density at radius 3 is 2.37 bits per heavy atom. The smallest absolute Gasteiger partial charge is 0.265 e. The number of rotatable bonds is 7. The number of ether oxygens (including phenoxy) is 2. The van der Waals surface area contributed by atoms with Gasteiger partial charge in [-0.2, -0.15) is 5.06 Å². The van der Waals surface area contributed by atoms with E-state index in [-0.39, 0.29) is 11.8 Å². The van der Waals surface area contributed by atoms with Crippen LogP contribution >= 0.6 is 11.6 Å². The normalized spacial score (nSPS) is 21.9. The van der Waals surface area contributed by atoms with Gasteiger partial charge in [-0.25, -0.2) is 4.90 Å². The van der Waals surface area contributed by atoms with Crippen molar-refractivity contribution in [1.29, 1.82) is 0 Å². The molecule has 2 amide bonds. The summed E-state index contributed by atoms with van der Waals surface area (Å²) in [6.45, 7) is 2.76. The lowest BCUT2D eigenvalue weighted by molar-refractivity contribution is -0.160. The Morgan fingerprint density at radius 1 is 0.914 bits per heavy atom. The SMILES string of the molecule is CCOc1cc([C@@H]2[C@H]3C(=O)N(c4ccc(Cl)cc4)C(=O)[C@@H]3ON2C)ccc1OCc1ccccc1. The average molecular weight is 493 g/mol. The third-order valence-electron chi connectivity index (χ3n) is 6.24. The van der Waals surface area contributed by atoms with Crippen LogP contribution in [-0.4, -0.2) is 36.6 Å². The molecule has 180 valence electrons. The molecule has 8 heteroatoms. The van der Waals surface area contributed by atoms with Crippen LogP contribution in [0, 0.1) is 5.92 Å². The zero-order valence-corrected chi connectivity index (χ0v) is 20.1. The van der Waals surface area contributed by atoms with Gasteiger partial charge in [0.25, 0.3) is 5.91 Å². The van der Waals surface area contributed by atoms with Crippen LogP contribution in [0.1, 0.15) is 24.1 Å². The van der Waals surface area contributed by atoms with Crippen molar-refractivity contribution in [2.75, 3.05) is 18.6 Å². The molecule has 0 radical (unpaired) electrons. The standard InChI is InChI=1S/C27H25ClN2O5/c1-3-33-22-15-18(9-14-21(22)34-16-17-7-5-4-6-8-17)24-23-25(35-29(24)2)27(32)30(26(23)31)20-12-10-19(28)11-13-20/h4-15,23-25H,3,16H2,1-2H3/t23-,24-,25-/m1/s1. The Kier molecular flexibility index (Phi) is 6.47. The van der Waals surface area contributed by atoms with E-state index in [0.717, 1.165) is 11.1 Å². The van der Waals surface area contributed by atoms with E-state index >= 15 is 0 Å². The minimum atomic E-state index is -0.891. The van der Waals surface area contributed by atoms with Crippen molar-refractivity contribution in [3.63, 3.8) is 0 Å². The maximum Gasteiger partial charge on any atom is 0.265 e. The molecule has 3 aromatic carbocycles. The molecule has 2 heterocycles. The summed E-state index contributed by atoms with van der Waals surface area (Å²) in [5.74, 6) is -0.199. The largest absolute Gasteiger partial charge is 0.490 e. The summed E-state index contributed by atoms with van der Waals surface area (Å²) in [5.41, 5.74) is 2.32. The highest BCUT2D eigenvalue weighted by atomic mass is 35.5. The molecule has 2 aliphatic heterocycles. The number of hydroxylamine groups is 2. The third kappa shape index (κ3) is 4.38. The van der Waals surface area contributed by atoms with Crippen molar-refractivity contribution >= 4 is 29.1 Å². The van der Waals surface area contributed by atoms with Crippen LogP contribution < -0.4 is 14.4 Å². The maximum absolute atomic E-state index is 13.5. The van der Waals surface area contributed by atoms with Gasteiger partial charge in [0.15, 0.2) is 17.6 Å². The number of benzene rings is 3. The summed E-state index contributed by atoms with van der Waals surface area (Å²) in [7, 11) is 1.73. The fourth-order valence-electron chi connectivity index (χ4n) is 4.64. The Morgan fingerprint density at radius 2 is 1.66 bits per heavy atom. The average Bonchev–Trinajstić information content (AvgIpc) is 3.33. The summed E-state index contributed by atoms with van der Waals surface area (Å²) in [6, 6.07) is 21.6. The predicted molar refractivity (Wildman–Crippen MR) is 131 cm³/mol. The number of nitrogens with zero attached hydrogens (tertiary/aromatic N) is 2. The van der Waals surface area contributed by atoms with E-state index in [1.54, 1.807) is 36.4 Å². The molecule has 0 N–H and O–H groups in total. The molecule has 5 rings (SSSR count). The fraction of sp³-hybridized carbons (Fsp3) is 0.259. The summed E-state index contributed by atoms with van der Waals surface area (Å²) in [5, 5.41) is 2.11. The van der Waals surface area contributed by atoms with Gasteiger partial charge >= 0.3 is 0 Å². The lowest BCUT2D eigenvalue weighted by Gasteiger charge is -2.25. The number of fused-ring (bicyclic) bond motifs is 1. The van der Waals surface area contributed by atoms with Gasteiger partial charge in [0.1, 0.15) is 6.61 Å². The topological polar surface area (TPSA) is 68.3 Å². The summed E-state index contributed by atoms with van der Waals surface area (Å²) < 4.78 is 11.9. The number of anilines is 1. The van der Waals surface area contributed by atoms with E-state index in [0.29, 0.717) is 35.4 Å². The van der Waals surface area contributed by atoms with Crippen LogP contribution in [0.25, 0.3) is 0 Å². The Balaban J connectivity index is 1.42. The molecule has 0 aromatic heterocycles. The number of carbonyl (C=O) groups excluding carboxylic acids is 2. The molecule has 0 bridgehead atoms. The van der Waals surface area contributed by atoms with Crippen molar-refractivity contribution in [2.45, 2.75) is 25.7 Å². The van der Waals surface area contributed by atoms with Crippen LogP contribution in [0.2, 0.25) is 5.02 Å². The number of halogens is 1. The van der Waals surface area contributed by atoms with Crippen LogP contribution in [0.5, 0.6) is 11.5 Å². The molecule has 2 fully saturated rings. The molecule has 0 saturated carbocycles. The van der Waals surface area contributed by atoms with Crippen LogP contribution in [0.3, 0.4) is 0 Å². The minimum Gasteiger partial charge on any atom is -0.490 e. The molecule has 7 nitrogen and oxygen atoms in total. The van der Waals surface area contributed by atoms with E-state index in [1.165, 1.54) is 4.90 Å². The first-order chi connectivity index (χ1) is 17.0. The van der Waals surface area contributed by atoms with Gasteiger partial charge in [-0.1, -0.05) is 48.0 Å². The summed E-state index contributed by atoms with van der Waals surface area (Å²) in [4.78, 5) is 33.6. The zero-order chi connectivity index (χ0) is 24.5. The first-order valence-electron chi connectivity index (χ1n) is 11.4. The molecule has 2 saturated heterocycles. The van der Waals surface area contributed by atoms with Gasteiger partial charge in [-0.05, 0) is 54.4 Å². The quantitative estimate of drug-likeness (QED) is 0.442. The van der Waals surface area contributed by atoms with E-state index in [9.17, 15) is 9.59 Å². The second-order valence-electron chi connectivity index (χ2n) is 8.44. The Hall–Kier alpha value is -3.39. The van der Waals surface area contributed by atoms with E-state index in [2.05, 4.69) is 0 Å². The van der Waals surface area contributed by atoms with Crippen molar-refractivity contribution in [3.05, 3.63) is 88.9 Å². The molecule has 3 atom stereocenters. The highest BCUT2D eigenvalue weighted by molar-refractivity contribution is 6.31. The van der Waals surface area contributed by atoms with Crippen molar-refractivity contribution < 1.29 is 23.9 Å². The monoisotopic (exact) mass is 492 g/mol. The highest BCUT2D eigenvalue weighted by Gasteiger charge is 2.59. The molecule has 0 unspecified atom stereocenters. The van der Waals surface area contributed by atoms with Crippen molar-refractivity contribution in [1.82, 2.24) is 5.06 Å². The lowest BCUT2D eigenvalue weighted by atomic mass is 9.91. The number of imide groups is 1. The molecule has 2 aliphatic rings. The van der Waals surface area contributed by atoms with E-state index in [4.69, 9.17) is 25.9 Å². The second kappa shape index (κ2) is 9.70. The van der Waals surface area contributed by atoms with Crippen LogP contribution in [0.15, 0.2) is 72.8 Å². The molecule has 0 aliphatic carbocycles. The van der Waals surface area contributed by atoms with Crippen molar-refractivity contribution in [3.8, 4) is 11.5 Å². The first kappa shape index (κ1) is 23.4. The molecular formula is C27H25ClN2O5. The molecular weight excluding hydrogens is 468 g/mol. The van der Waals surface area contributed by atoms with Crippen molar-refractivity contribution in [2.24, 2.45) is 5.92 Å². The summed E-state index contributed by atoms with van der Waals surface area (Å²) >= 11 is 5.98. The van der Waals surface area contributed by atoms with Gasteiger partial charge in [-0.15, -0.1) is 0 Å². The summed E-state index contributed by atoms with van der Waals surface area (Å²) in [6.07, 6.45) is -0.891. The fourth-order valence-corrected chi connectivity index (χ4v) is 4.77. The zero-order valence-electron chi connectivity index (χ0n) is 19.4.